The van der Waals surface area contributed by atoms with Crippen molar-refractivity contribution in [2.24, 2.45) is 5.92 Å². The van der Waals surface area contributed by atoms with E-state index in [9.17, 15) is 14.4 Å². The van der Waals surface area contributed by atoms with Gasteiger partial charge in [-0.3, -0.25) is 14.5 Å². The minimum absolute atomic E-state index is 0.157. The molecule has 2 aliphatic heterocycles. The van der Waals surface area contributed by atoms with Crippen LogP contribution in [0.4, 0.5) is 4.79 Å². The van der Waals surface area contributed by atoms with Crippen molar-refractivity contribution in [3.05, 3.63) is 35.4 Å². The molecular formula is C19H24N4O3. The maximum atomic E-state index is 13.1. The summed E-state index contributed by atoms with van der Waals surface area (Å²) < 4.78 is 0. The van der Waals surface area contributed by atoms with Crippen LogP contribution in [-0.4, -0.2) is 60.9 Å². The van der Waals surface area contributed by atoms with Crippen LogP contribution in [0.3, 0.4) is 0 Å². The summed E-state index contributed by atoms with van der Waals surface area (Å²) >= 11 is 0. The molecule has 2 saturated heterocycles. The fraction of sp³-hybridized carbons (Fsp3) is 0.526. The van der Waals surface area contributed by atoms with E-state index >= 15 is 0 Å². The van der Waals surface area contributed by atoms with E-state index in [1.54, 1.807) is 4.90 Å². The number of carbonyl (C=O) groups is 3. The number of fused-ring (bicyclic) bond motifs is 2. The maximum Gasteiger partial charge on any atom is 0.325 e. The lowest BCUT2D eigenvalue weighted by atomic mass is 9.92. The number of amides is 4. The van der Waals surface area contributed by atoms with E-state index in [1.165, 1.54) is 0 Å². The first kappa shape index (κ1) is 17.0. The molecule has 2 fully saturated rings. The fourth-order valence-corrected chi connectivity index (χ4v) is 4.48. The molecule has 0 bridgehead atoms. The summed E-state index contributed by atoms with van der Waals surface area (Å²) in [5, 5.41) is 6.00. The number of carbonyl (C=O) groups excluding carboxylic acids is 3. The molecule has 1 spiro atoms. The summed E-state index contributed by atoms with van der Waals surface area (Å²) in [6.07, 6.45) is 2.25. The Morgan fingerprint density at radius 1 is 1.35 bits per heavy atom. The number of benzene rings is 1. The van der Waals surface area contributed by atoms with Gasteiger partial charge < -0.3 is 15.5 Å². The smallest absolute Gasteiger partial charge is 0.325 e. The van der Waals surface area contributed by atoms with Gasteiger partial charge in [0.15, 0.2) is 0 Å². The third kappa shape index (κ3) is 2.58. The number of hydrogen-bond donors (Lipinski definition) is 2. The molecule has 26 heavy (non-hydrogen) atoms. The second-order valence-electron chi connectivity index (χ2n) is 7.44. The summed E-state index contributed by atoms with van der Waals surface area (Å²) in [7, 11) is 1.90. The Kier molecular flexibility index (Phi) is 4.19. The average molecular weight is 356 g/mol. The molecule has 2 unspecified atom stereocenters. The molecule has 0 saturated carbocycles. The van der Waals surface area contributed by atoms with Crippen molar-refractivity contribution in [3.63, 3.8) is 0 Å². The maximum absolute atomic E-state index is 13.1. The number of imide groups is 1. The van der Waals surface area contributed by atoms with Gasteiger partial charge in [-0.15, -0.1) is 0 Å². The zero-order chi connectivity index (χ0) is 18.3. The van der Waals surface area contributed by atoms with Gasteiger partial charge in [-0.05, 0) is 49.9 Å². The number of nitrogens with zero attached hydrogens (tertiary/aromatic N) is 2. The van der Waals surface area contributed by atoms with Crippen LogP contribution >= 0.6 is 0 Å². The molecular weight excluding hydrogens is 332 g/mol. The minimum atomic E-state index is -0.992. The van der Waals surface area contributed by atoms with Crippen LogP contribution in [0.5, 0.6) is 0 Å². The number of nitrogens with one attached hydrogen (secondary N) is 2. The SMILES string of the molecule is CNCC1CCN(C(=O)CN2C(=O)NC3(CCc4ccccc43)C2=O)C1. The minimum Gasteiger partial charge on any atom is -0.341 e. The van der Waals surface area contributed by atoms with Gasteiger partial charge in [0.1, 0.15) is 12.1 Å². The predicted molar refractivity (Wildman–Crippen MR) is 95.3 cm³/mol. The first-order chi connectivity index (χ1) is 12.5. The Balaban J connectivity index is 1.48. The number of urea groups is 1. The highest BCUT2D eigenvalue weighted by molar-refractivity contribution is 6.09. The van der Waals surface area contributed by atoms with E-state index in [0.29, 0.717) is 25.4 Å². The van der Waals surface area contributed by atoms with E-state index in [0.717, 1.165) is 35.4 Å². The molecule has 1 aromatic rings. The standard InChI is InChI=1S/C19H24N4O3/c1-20-10-13-7-9-22(11-13)16(24)12-23-17(25)19(21-18(23)26)8-6-14-4-2-3-5-15(14)19/h2-5,13,20H,6-12H2,1H3,(H,21,26). The van der Waals surface area contributed by atoms with Crippen molar-refractivity contribution in [3.8, 4) is 0 Å². The van der Waals surface area contributed by atoms with Gasteiger partial charge in [-0.1, -0.05) is 24.3 Å². The summed E-state index contributed by atoms with van der Waals surface area (Å²) in [6.45, 7) is 2.05. The molecule has 1 aromatic carbocycles. The number of rotatable bonds is 4. The number of likely N-dealkylation sites (tertiary alicyclic amines) is 1. The lowest BCUT2D eigenvalue weighted by molar-refractivity contribution is -0.138. The van der Waals surface area contributed by atoms with Crippen LogP contribution < -0.4 is 10.6 Å². The molecule has 2 atom stereocenters. The molecule has 7 heteroatoms. The van der Waals surface area contributed by atoms with Gasteiger partial charge in [0, 0.05) is 13.1 Å². The molecule has 1 aliphatic carbocycles. The Hall–Kier alpha value is -2.41. The van der Waals surface area contributed by atoms with E-state index in [1.807, 2.05) is 31.3 Å². The van der Waals surface area contributed by atoms with E-state index < -0.39 is 11.6 Å². The highest BCUT2D eigenvalue weighted by Gasteiger charge is 2.55. The van der Waals surface area contributed by atoms with Crippen molar-refractivity contribution < 1.29 is 14.4 Å². The normalized spacial score (nSPS) is 27.3. The van der Waals surface area contributed by atoms with Crippen LogP contribution in [0.25, 0.3) is 0 Å². The molecule has 138 valence electrons. The fourth-order valence-electron chi connectivity index (χ4n) is 4.48. The first-order valence-electron chi connectivity index (χ1n) is 9.20. The second kappa shape index (κ2) is 6.39. The van der Waals surface area contributed by atoms with Crippen molar-refractivity contribution in [1.29, 1.82) is 0 Å². The molecule has 3 aliphatic rings. The molecule has 7 nitrogen and oxygen atoms in total. The van der Waals surface area contributed by atoms with Crippen LogP contribution in [0.2, 0.25) is 0 Å². The van der Waals surface area contributed by atoms with Gasteiger partial charge in [0.25, 0.3) is 5.91 Å². The average Bonchev–Trinajstić information content (AvgIpc) is 3.30. The van der Waals surface area contributed by atoms with Gasteiger partial charge >= 0.3 is 6.03 Å². The topological polar surface area (TPSA) is 81.8 Å². The largest absolute Gasteiger partial charge is 0.341 e. The van der Waals surface area contributed by atoms with Gasteiger partial charge in [-0.25, -0.2) is 4.79 Å². The highest BCUT2D eigenvalue weighted by Crippen LogP contribution is 2.41. The van der Waals surface area contributed by atoms with Crippen molar-refractivity contribution in [2.75, 3.05) is 33.2 Å². The molecule has 4 rings (SSSR count). The van der Waals surface area contributed by atoms with Crippen LogP contribution in [-0.2, 0) is 21.5 Å². The zero-order valence-electron chi connectivity index (χ0n) is 15.0. The summed E-state index contributed by atoms with van der Waals surface area (Å²) in [5.74, 6) is -0.0256. The van der Waals surface area contributed by atoms with Gasteiger partial charge in [0.05, 0.1) is 0 Å². The van der Waals surface area contributed by atoms with Gasteiger partial charge in [0.2, 0.25) is 5.91 Å². The Labute approximate surface area is 152 Å². The second-order valence-corrected chi connectivity index (χ2v) is 7.44. The summed E-state index contributed by atoms with van der Waals surface area (Å²) in [6, 6.07) is 7.24. The lowest BCUT2D eigenvalue weighted by Crippen LogP contribution is -2.44. The van der Waals surface area contributed by atoms with Crippen LogP contribution in [0.15, 0.2) is 24.3 Å². The molecule has 2 heterocycles. The summed E-state index contributed by atoms with van der Waals surface area (Å²) in [4.78, 5) is 41.0. The van der Waals surface area contributed by atoms with Crippen molar-refractivity contribution in [1.82, 2.24) is 20.4 Å². The molecule has 0 radical (unpaired) electrons. The molecule has 2 N–H and O–H groups in total. The third-order valence-corrected chi connectivity index (χ3v) is 5.85. The van der Waals surface area contributed by atoms with Gasteiger partial charge in [-0.2, -0.15) is 0 Å². The Bertz CT molecular complexity index is 765. The zero-order valence-corrected chi connectivity index (χ0v) is 15.0. The lowest BCUT2D eigenvalue weighted by Gasteiger charge is -2.23. The highest BCUT2D eigenvalue weighted by atomic mass is 16.2. The Morgan fingerprint density at radius 2 is 2.15 bits per heavy atom. The van der Waals surface area contributed by atoms with E-state index in [4.69, 9.17) is 0 Å². The quantitative estimate of drug-likeness (QED) is 0.768. The number of hydrogen-bond acceptors (Lipinski definition) is 4. The van der Waals surface area contributed by atoms with Crippen LogP contribution in [0, 0.1) is 5.92 Å². The van der Waals surface area contributed by atoms with Crippen molar-refractivity contribution in [2.45, 2.75) is 24.8 Å². The first-order valence-corrected chi connectivity index (χ1v) is 9.20. The Morgan fingerprint density at radius 3 is 2.96 bits per heavy atom. The predicted octanol–water partition coefficient (Wildman–Crippen LogP) is 0.448. The molecule has 0 aromatic heterocycles. The summed E-state index contributed by atoms with van der Waals surface area (Å²) in [5.41, 5.74) is 0.959. The van der Waals surface area contributed by atoms with E-state index in [2.05, 4.69) is 10.6 Å². The third-order valence-electron chi connectivity index (χ3n) is 5.85. The monoisotopic (exact) mass is 356 g/mol. The molecule has 4 amide bonds. The van der Waals surface area contributed by atoms with E-state index in [-0.39, 0.29) is 18.4 Å². The number of aryl methyl sites for hydroxylation is 1. The van der Waals surface area contributed by atoms with Crippen molar-refractivity contribution >= 4 is 17.8 Å². The van der Waals surface area contributed by atoms with Crippen LogP contribution in [0.1, 0.15) is 24.0 Å².